The summed E-state index contributed by atoms with van der Waals surface area (Å²) < 4.78 is 19.4. The molecule has 0 aromatic heterocycles. The molecule has 1 aliphatic rings. The molecule has 0 spiro atoms. The minimum Gasteiger partial charge on any atom is -0.489 e. The number of nitrogens with one attached hydrogen (secondary N) is 1. The first kappa shape index (κ1) is 16.5. The van der Waals surface area contributed by atoms with E-state index in [1.165, 1.54) is 6.07 Å². The highest BCUT2D eigenvalue weighted by Crippen LogP contribution is 2.34. The topological polar surface area (TPSA) is 44.7 Å². The van der Waals surface area contributed by atoms with Crippen molar-refractivity contribution in [1.29, 1.82) is 0 Å². The van der Waals surface area contributed by atoms with Gasteiger partial charge < -0.3 is 15.2 Å². The molecule has 1 heterocycles. The Labute approximate surface area is 129 Å². The molecule has 2 rings (SSSR count). The number of aliphatic hydroxyl groups excluding tert-OH is 1. The largest absolute Gasteiger partial charge is 0.489 e. The van der Waals surface area contributed by atoms with Crippen LogP contribution >= 0.6 is 11.6 Å². The fourth-order valence-corrected chi connectivity index (χ4v) is 3.00. The summed E-state index contributed by atoms with van der Waals surface area (Å²) in [7, 11) is 0. The zero-order valence-electron chi connectivity index (χ0n) is 12.2. The predicted molar refractivity (Wildman–Crippen MR) is 81.5 cm³/mol. The molecule has 2 N–H and O–H groups in total. The molecular weight excluding hydrogens is 295 g/mol. The van der Waals surface area contributed by atoms with Gasteiger partial charge in [-0.2, -0.15) is 0 Å². The van der Waals surface area contributed by atoms with Gasteiger partial charge in [0.2, 0.25) is 0 Å². The first-order chi connectivity index (χ1) is 10.2. The van der Waals surface area contributed by atoms with Gasteiger partial charge in [0, 0.05) is 38.8 Å². The van der Waals surface area contributed by atoms with Gasteiger partial charge in [0.1, 0.15) is 0 Å². The number of hydrogen-bond acceptors (Lipinski definition) is 4. The Balaban J connectivity index is 2.27. The molecular formula is C15H22ClFN2O2. The van der Waals surface area contributed by atoms with Crippen molar-refractivity contribution in [2.75, 3.05) is 39.4 Å². The molecule has 4 nitrogen and oxygen atoms in total. The van der Waals surface area contributed by atoms with Crippen molar-refractivity contribution in [3.05, 3.63) is 28.5 Å². The lowest BCUT2D eigenvalue weighted by atomic mass is 10.0. The fourth-order valence-electron chi connectivity index (χ4n) is 2.73. The second kappa shape index (κ2) is 7.94. The molecule has 0 saturated carbocycles. The summed E-state index contributed by atoms with van der Waals surface area (Å²) in [5.74, 6) is -0.344. The quantitative estimate of drug-likeness (QED) is 0.844. The van der Waals surface area contributed by atoms with Crippen molar-refractivity contribution in [3.8, 4) is 5.75 Å². The highest BCUT2D eigenvalue weighted by atomic mass is 35.5. The lowest BCUT2D eigenvalue weighted by molar-refractivity contribution is 0.141. The molecule has 1 aliphatic heterocycles. The molecule has 0 aliphatic carbocycles. The molecule has 0 radical (unpaired) electrons. The Kier molecular flexibility index (Phi) is 6.23. The van der Waals surface area contributed by atoms with Crippen LogP contribution in [0.1, 0.15) is 24.9 Å². The van der Waals surface area contributed by atoms with E-state index in [-0.39, 0.29) is 23.4 Å². The van der Waals surface area contributed by atoms with Gasteiger partial charge in [-0.05, 0) is 31.0 Å². The third-order valence-corrected chi connectivity index (χ3v) is 3.97. The zero-order valence-corrected chi connectivity index (χ0v) is 13.0. The van der Waals surface area contributed by atoms with Gasteiger partial charge in [-0.3, -0.25) is 4.90 Å². The monoisotopic (exact) mass is 316 g/mol. The van der Waals surface area contributed by atoms with E-state index >= 15 is 0 Å². The third-order valence-electron chi connectivity index (χ3n) is 3.69. The Morgan fingerprint density at radius 1 is 1.43 bits per heavy atom. The van der Waals surface area contributed by atoms with Gasteiger partial charge >= 0.3 is 0 Å². The summed E-state index contributed by atoms with van der Waals surface area (Å²) in [6.07, 6.45) is 0.559. The molecule has 0 unspecified atom stereocenters. The number of hydrogen-bond donors (Lipinski definition) is 2. The van der Waals surface area contributed by atoms with Crippen LogP contribution in [-0.2, 0) is 0 Å². The van der Waals surface area contributed by atoms with Crippen molar-refractivity contribution in [2.24, 2.45) is 0 Å². The standard InChI is InChI=1S/C15H22ClFN2O2/c1-2-21-15-12(16)9-11(10-13(15)17)14(3-8-20)19-6-4-18-5-7-19/h9-10,14,18,20H,2-8H2,1H3/t14-/m0/s1. The minimum atomic E-state index is -0.447. The number of ether oxygens (including phenoxy) is 1. The second-order valence-electron chi connectivity index (χ2n) is 5.06. The molecule has 1 fully saturated rings. The van der Waals surface area contributed by atoms with Crippen LogP contribution in [0.3, 0.4) is 0 Å². The summed E-state index contributed by atoms with van der Waals surface area (Å²) in [4.78, 5) is 2.25. The average Bonchev–Trinajstić information content (AvgIpc) is 2.49. The van der Waals surface area contributed by atoms with E-state index in [9.17, 15) is 9.50 Å². The number of benzene rings is 1. The van der Waals surface area contributed by atoms with Gasteiger partial charge in [0.25, 0.3) is 0 Å². The molecule has 1 saturated heterocycles. The molecule has 0 amide bonds. The maximum Gasteiger partial charge on any atom is 0.173 e. The molecule has 118 valence electrons. The van der Waals surface area contributed by atoms with Crippen LogP contribution in [0.15, 0.2) is 12.1 Å². The van der Waals surface area contributed by atoms with Crippen molar-refractivity contribution in [3.63, 3.8) is 0 Å². The molecule has 1 aromatic carbocycles. The van der Waals surface area contributed by atoms with Crippen molar-refractivity contribution < 1.29 is 14.2 Å². The van der Waals surface area contributed by atoms with Gasteiger partial charge in [-0.15, -0.1) is 0 Å². The Morgan fingerprint density at radius 2 is 2.14 bits per heavy atom. The molecule has 1 atom stereocenters. The van der Waals surface area contributed by atoms with Crippen LogP contribution < -0.4 is 10.1 Å². The lowest BCUT2D eigenvalue weighted by Crippen LogP contribution is -2.45. The maximum atomic E-state index is 14.2. The number of rotatable bonds is 6. The summed E-state index contributed by atoms with van der Waals surface area (Å²) >= 11 is 6.14. The summed E-state index contributed by atoms with van der Waals surface area (Å²) in [6, 6.07) is 3.19. The highest BCUT2D eigenvalue weighted by Gasteiger charge is 2.24. The van der Waals surface area contributed by atoms with E-state index in [0.29, 0.717) is 13.0 Å². The van der Waals surface area contributed by atoms with Crippen molar-refractivity contribution >= 4 is 11.6 Å². The van der Waals surface area contributed by atoms with E-state index in [4.69, 9.17) is 16.3 Å². The normalized spacial score (nSPS) is 17.7. The van der Waals surface area contributed by atoms with E-state index in [0.717, 1.165) is 31.7 Å². The first-order valence-corrected chi connectivity index (χ1v) is 7.72. The maximum absolute atomic E-state index is 14.2. The molecule has 0 bridgehead atoms. The van der Waals surface area contributed by atoms with Crippen molar-refractivity contribution in [1.82, 2.24) is 10.2 Å². The van der Waals surface area contributed by atoms with Crippen LogP contribution in [0.2, 0.25) is 5.02 Å². The second-order valence-corrected chi connectivity index (χ2v) is 5.47. The smallest absolute Gasteiger partial charge is 0.173 e. The number of piperazine rings is 1. The van der Waals surface area contributed by atoms with Crippen LogP contribution in [0.4, 0.5) is 4.39 Å². The third kappa shape index (κ3) is 4.07. The minimum absolute atomic E-state index is 0.0280. The number of nitrogens with zero attached hydrogens (tertiary/aromatic N) is 1. The number of halogens is 2. The Morgan fingerprint density at radius 3 is 2.71 bits per heavy atom. The molecule has 6 heteroatoms. The van der Waals surface area contributed by atoms with E-state index in [1.54, 1.807) is 13.0 Å². The first-order valence-electron chi connectivity index (χ1n) is 7.34. The zero-order chi connectivity index (χ0) is 15.2. The Hall–Kier alpha value is -0.880. The van der Waals surface area contributed by atoms with Gasteiger partial charge in [0.05, 0.1) is 11.6 Å². The average molecular weight is 317 g/mol. The number of aliphatic hydroxyl groups is 1. The van der Waals surface area contributed by atoms with Gasteiger partial charge in [0.15, 0.2) is 11.6 Å². The lowest BCUT2D eigenvalue weighted by Gasteiger charge is -2.35. The Bertz CT molecular complexity index is 444. The highest BCUT2D eigenvalue weighted by molar-refractivity contribution is 6.32. The van der Waals surface area contributed by atoms with Crippen LogP contribution in [-0.4, -0.2) is 49.4 Å². The van der Waals surface area contributed by atoms with Gasteiger partial charge in [-0.25, -0.2) is 4.39 Å². The fraction of sp³-hybridized carbons (Fsp3) is 0.600. The summed E-state index contributed by atoms with van der Waals surface area (Å²) in [5, 5.41) is 12.9. The van der Waals surface area contributed by atoms with E-state index < -0.39 is 5.82 Å². The SMILES string of the molecule is CCOc1c(F)cc([C@H](CCO)N2CCNCC2)cc1Cl. The molecule has 1 aromatic rings. The summed E-state index contributed by atoms with van der Waals surface area (Å²) in [5.41, 5.74) is 0.789. The van der Waals surface area contributed by atoms with Crippen LogP contribution in [0, 0.1) is 5.82 Å². The van der Waals surface area contributed by atoms with E-state index in [1.807, 2.05) is 0 Å². The van der Waals surface area contributed by atoms with E-state index in [2.05, 4.69) is 10.2 Å². The van der Waals surface area contributed by atoms with Gasteiger partial charge in [-0.1, -0.05) is 11.6 Å². The van der Waals surface area contributed by atoms with Crippen molar-refractivity contribution in [2.45, 2.75) is 19.4 Å². The predicted octanol–water partition coefficient (Wildman–Crippen LogP) is 2.21. The van der Waals surface area contributed by atoms with Crippen LogP contribution in [0.25, 0.3) is 0 Å². The molecule has 21 heavy (non-hydrogen) atoms. The van der Waals surface area contributed by atoms with Crippen LogP contribution in [0.5, 0.6) is 5.75 Å². The summed E-state index contributed by atoms with van der Waals surface area (Å²) in [6.45, 7) is 5.76.